The molecule has 1 aliphatic heterocycles. The number of ether oxygens (including phenoxy) is 3. The highest BCUT2D eigenvalue weighted by molar-refractivity contribution is 6.25. The van der Waals surface area contributed by atoms with Crippen LogP contribution in [-0.4, -0.2) is 35.8 Å². The van der Waals surface area contributed by atoms with Gasteiger partial charge in [0.15, 0.2) is 5.79 Å². The van der Waals surface area contributed by atoms with Crippen LogP contribution in [0.5, 0.6) is 0 Å². The standard InChI is InChI=1S/C18H23ClO4/c1-18(2)22-13-16(23-18)17(15(20)10-6-7-11-19)21-12-14-8-4-3-5-9-14/h3-11,15-17,20H,12-13H2,1-2H3/b10-6+,11-7+/t15-,16-,17+/m1/s1. The molecule has 0 radical (unpaired) electrons. The van der Waals surface area contributed by atoms with Gasteiger partial charge in [0.2, 0.25) is 0 Å². The van der Waals surface area contributed by atoms with E-state index in [1.807, 2.05) is 44.2 Å². The molecular formula is C18H23ClO4. The number of benzene rings is 1. The summed E-state index contributed by atoms with van der Waals surface area (Å²) in [5, 5.41) is 10.4. The molecule has 1 heterocycles. The molecule has 0 saturated carbocycles. The van der Waals surface area contributed by atoms with Gasteiger partial charge in [-0.15, -0.1) is 0 Å². The zero-order valence-electron chi connectivity index (χ0n) is 13.4. The van der Waals surface area contributed by atoms with E-state index in [0.29, 0.717) is 13.2 Å². The second-order valence-electron chi connectivity index (χ2n) is 5.82. The van der Waals surface area contributed by atoms with Crippen LogP contribution in [0.2, 0.25) is 0 Å². The van der Waals surface area contributed by atoms with Gasteiger partial charge < -0.3 is 19.3 Å². The first-order valence-electron chi connectivity index (χ1n) is 7.61. The second kappa shape index (κ2) is 8.62. The molecule has 126 valence electrons. The third-order valence-corrected chi connectivity index (χ3v) is 3.66. The van der Waals surface area contributed by atoms with Gasteiger partial charge >= 0.3 is 0 Å². The number of hydrogen-bond acceptors (Lipinski definition) is 4. The maximum atomic E-state index is 10.4. The lowest BCUT2D eigenvalue weighted by Crippen LogP contribution is -2.41. The number of halogens is 1. The second-order valence-corrected chi connectivity index (χ2v) is 6.07. The Hall–Kier alpha value is -1.17. The summed E-state index contributed by atoms with van der Waals surface area (Å²) in [6.45, 7) is 4.46. The predicted molar refractivity (Wildman–Crippen MR) is 90.1 cm³/mol. The monoisotopic (exact) mass is 338 g/mol. The normalized spacial score (nSPS) is 23.6. The summed E-state index contributed by atoms with van der Waals surface area (Å²) < 4.78 is 17.4. The Labute approximate surface area is 142 Å². The zero-order valence-corrected chi connectivity index (χ0v) is 14.1. The number of allylic oxidation sites excluding steroid dienone is 2. The lowest BCUT2D eigenvalue weighted by atomic mass is 10.1. The van der Waals surface area contributed by atoms with Crippen molar-refractivity contribution in [3.8, 4) is 0 Å². The molecule has 1 saturated heterocycles. The van der Waals surface area contributed by atoms with Crippen molar-refractivity contribution in [2.24, 2.45) is 0 Å². The van der Waals surface area contributed by atoms with Gasteiger partial charge in [0.1, 0.15) is 18.3 Å². The van der Waals surface area contributed by atoms with Crippen LogP contribution in [0.4, 0.5) is 0 Å². The first-order chi connectivity index (χ1) is 11.0. The third-order valence-electron chi connectivity index (χ3n) is 3.51. The summed E-state index contributed by atoms with van der Waals surface area (Å²) in [4.78, 5) is 0. The quantitative estimate of drug-likeness (QED) is 0.774. The summed E-state index contributed by atoms with van der Waals surface area (Å²) >= 11 is 5.48. The van der Waals surface area contributed by atoms with E-state index in [2.05, 4.69) is 0 Å². The predicted octanol–water partition coefficient (Wildman–Crippen LogP) is 3.39. The van der Waals surface area contributed by atoms with Crippen LogP contribution in [0.25, 0.3) is 0 Å². The lowest BCUT2D eigenvalue weighted by Gasteiger charge is -2.27. The van der Waals surface area contributed by atoms with Crippen molar-refractivity contribution < 1.29 is 19.3 Å². The fourth-order valence-electron chi connectivity index (χ4n) is 2.40. The molecule has 4 nitrogen and oxygen atoms in total. The van der Waals surface area contributed by atoms with E-state index in [1.165, 1.54) is 5.54 Å². The Morgan fingerprint density at radius 2 is 2.09 bits per heavy atom. The topological polar surface area (TPSA) is 47.9 Å². The molecule has 0 spiro atoms. The van der Waals surface area contributed by atoms with Gasteiger partial charge in [-0.2, -0.15) is 0 Å². The van der Waals surface area contributed by atoms with Gasteiger partial charge in [0.05, 0.1) is 13.2 Å². The van der Waals surface area contributed by atoms with E-state index in [4.69, 9.17) is 25.8 Å². The minimum atomic E-state index is -0.825. The highest BCUT2D eigenvalue weighted by Crippen LogP contribution is 2.27. The summed E-state index contributed by atoms with van der Waals surface area (Å²) in [6.07, 6.45) is 3.25. The Bertz CT molecular complexity index is 527. The number of hydrogen-bond donors (Lipinski definition) is 1. The molecule has 1 aliphatic rings. The molecule has 0 amide bonds. The Morgan fingerprint density at radius 3 is 2.70 bits per heavy atom. The summed E-state index contributed by atoms with van der Waals surface area (Å²) in [5.41, 5.74) is 2.41. The molecule has 23 heavy (non-hydrogen) atoms. The van der Waals surface area contributed by atoms with Crippen molar-refractivity contribution in [1.82, 2.24) is 0 Å². The fourth-order valence-corrected chi connectivity index (χ4v) is 2.48. The molecule has 0 aromatic heterocycles. The van der Waals surface area contributed by atoms with Crippen LogP contribution in [0.15, 0.2) is 54.1 Å². The van der Waals surface area contributed by atoms with Gasteiger partial charge in [-0.05, 0) is 19.4 Å². The number of rotatable bonds is 7. The summed E-state index contributed by atoms with van der Waals surface area (Å²) in [6, 6.07) is 9.81. The molecule has 2 rings (SSSR count). The third kappa shape index (κ3) is 5.75. The largest absolute Gasteiger partial charge is 0.386 e. The van der Waals surface area contributed by atoms with Gasteiger partial charge in [-0.25, -0.2) is 0 Å². The van der Waals surface area contributed by atoms with E-state index in [1.54, 1.807) is 18.2 Å². The SMILES string of the molecule is CC1(C)OC[C@H]([C@@H](OCc2ccccc2)[C@H](O)/C=C/C=C/Cl)O1. The highest BCUT2D eigenvalue weighted by atomic mass is 35.5. The molecule has 1 aromatic carbocycles. The van der Waals surface area contributed by atoms with E-state index in [0.717, 1.165) is 5.56 Å². The molecule has 1 N–H and O–H groups in total. The Morgan fingerprint density at radius 1 is 1.35 bits per heavy atom. The van der Waals surface area contributed by atoms with Crippen molar-refractivity contribution in [1.29, 1.82) is 0 Å². The van der Waals surface area contributed by atoms with Crippen LogP contribution < -0.4 is 0 Å². The molecule has 1 fully saturated rings. The molecule has 0 aliphatic carbocycles. The van der Waals surface area contributed by atoms with Crippen LogP contribution in [-0.2, 0) is 20.8 Å². The maximum absolute atomic E-state index is 10.4. The van der Waals surface area contributed by atoms with Gasteiger partial charge in [0.25, 0.3) is 0 Å². The van der Waals surface area contributed by atoms with E-state index in [9.17, 15) is 5.11 Å². The molecule has 3 atom stereocenters. The highest BCUT2D eigenvalue weighted by Gasteiger charge is 2.40. The fraction of sp³-hybridized carbons (Fsp3) is 0.444. The van der Waals surface area contributed by atoms with Gasteiger partial charge in [-0.1, -0.05) is 60.2 Å². The summed E-state index contributed by atoms with van der Waals surface area (Å²) in [5.74, 6) is -0.668. The first-order valence-corrected chi connectivity index (χ1v) is 8.04. The van der Waals surface area contributed by atoms with Crippen molar-refractivity contribution in [2.75, 3.05) is 6.61 Å². The number of aliphatic hydroxyl groups is 1. The van der Waals surface area contributed by atoms with Crippen molar-refractivity contribution in [2.45, 2.75) is 44.6 Å². The average Bonchev–Trinajstić information content (AvgIpc) is 2.89. The Kier molecular flexibility index (Phi) is 6.81. The smallest absolute Gasteiger partial charge is 0.163 e. The van der Waals surface area contributed by atoms with E-state index < -0.39 is 18.0 Å². The van der Waals surface area contributed by atoms with E-state index in [-0.39, 0.29) is 6.10 Å². The molecule has 0 bridgehead atoms. The summed E-state index contributed by atoms with van der Waals surface area (Å²) in [7, 11) is 0. The van der Waals surface area contributed by atoms with Crippen LogP contribution in [0, 0.1) is 0 Å². The van der Waals surface area contributed by atoms with Crippen LogP contribution in [0.1, 0.15) is 19.4 Å². The van der Waals surface area contributed by atoms with Crippen LogP contribution in [0.3, 0.4) is 0 Å². The molecule has 1 aromatic rings. The molecule has 0 unspecified atom stereocenters. The van der Waals surface area contributed by atoms with Crippen molar-refractivity contribution in [3.63, 3.8) is 0 Å². The number of aliphatic hydroxyl groups excluding tert-OH is 1. The first kappa shape index (κ1) is 18.2. The van der Waals surface area contributed by atoms with Crippen molar-refractivity contribution in [3.05, 3.63) is 59.7 Å². The zero-order chi connectivity index (χ0) is 16.7. The average molecular weight is 339 g/mol. The minimum Gasteiger partial charge on any atom is -0.386 e. The van der Waals surface area contributed by atoms with Crippen molar-refractivity contribution >= 4 is 11.6 Å². The van der Waals surface area contributed by atoms with Gasteiger partial charge in [0, 0.05) is 5.54 Å². The molecular weight excluding hydrogens is 316 g/mol. The van der Waals surface area contributed by atoms with Crippen LogP contribution >= 0.6 is 11.6 Å². The minimum absolute atomic E-state index is 0.339. The van der Waals surface area contributed by atoms with E-state index >= 15 is 0 Å². The van der Waals surface area contributed by atoms with Gasteiger partial charge in [-0.3, -0.25) is 0 Å². The maximum Gasteiger partial charge on any atom is 0.163 e. The Balaban J connectivity index is 2.04. The lowest BCUT2D eigenvalue weighted by molar-refractivity contribution is -0.167. The molecule has 5 heteroatoms.